The predicted octanol–water partition coefficient (Wildman–Crippen LogP) is 2.05. The molecule has 4 rings (SSSR count). The van der Waals surface area contributed by atoms with Crippen molar-refractivity contribution < 1.29 is 19.2 Å². The molecular weight excluding hydrogens is 269 g/mol. The molecule has 1 heterocycles. The summed E-state index contributed by atoms with van der Waals surface area (Å²) in [6.07, 6.45) is 5.28. The second kappa shape index (κ2) is 4.70. The van der Waals surface area contributed by atoms with Crippen molar-refractivity contribution in [2.24, 2.45) is 17.1 Å². The summed E-state index contributed by atoms with van der Waals surface area (Å²) in [5.41, 5.74) is 5.37. The van der Waals surface area contributed by atoms with Crippen molar-refractivity contribution in [3.63, 3.8) is 0 Å². The Morgan fingerprint density at radius 3 is 2.71 bits per heavy atom. The first kappa shape index (κ1) is 15.3. The number of aliphatic carboxylic acids is 1. The highest BCUT2D eigenvalue weighted by molar-refractivity contribution is 6.45. The topological polar surface area (TPSA) is 81.8 Å². The third-order valence-corrected chi connectivity index (χ3v) is 6.42. The first-order valence-electron chi connectivity index (χ1n) is 8.06. The molecule has 6 heteroatoms. The average molecular weight is 295 g/mol. The highest BCUT2D eigenvalue weighted by Gasteiger charge is 2.75. The van der Waals surface area contributed by atoms with Crippen molar-refractivity contribution in [1.29, 1.82) is 0 Å². The quantitative estimate of drug-likeness (QED) is 0.759. The number of hydrogen-bond donors (Lipinski definition) is 2. The van der Waals surface area contributed by atoms with Gasteiger partial charge in [0.05, 0.1) is 11.2 Å². The Balaban J connectivity index is 1.61. The van der Waals surface area contributed by atoms with Gasteiger partial charge < -0.3 is 20.1 Å². The van der Waals surface area contributed by atoms with Gasteiger partial charge in [0.2, 0.25) is 0 Å². The highest BCUT2D eigenvalue weighted by Crippen LogP contribution is 2.70. The number of nitrogens with two attached hydrogens (primary N) is 1. The standard InChI is InChI=1S/C15H26BNO4/c1-13(2)10-6-7-14(3)15(13,9-10)21-16(20-14)8-4-5-11(17)12(18)19/h10-11H,4-9,17H2,1-3H3,(H,18,19)/t10-,11-,14-,15-/m0/s1. The molecule has 0 aromatic carbocycles. The van der Waals surface area contributed by atoms with E-state index in [1.165, 1.54) is 6.42 Å². The molecule has 0 aromatic rings. The normalized spacial score (nSPS) is 41.3. The minimum Gasteiger partial charge on any atom is -0.480 e. The lowest BCUT2D eigenvalue weighted by Gasteiger charge is -2.69. The summed E-state index contributed by atoms with van der Waals surface area (Å²) in [4.78, 5) is 10.7. The van der Waals surface area contributed by atoms with Crippen LogP contribution in [0.2, 0.25) is 6.32 Å². The number of hydrogen-bond acceptors (Lipinski definition) is 4. The molecule has 0 aromatic heterocycles. The number of carboxylic acids is 1. The SMILES string of the molecule is CC1(C)[C@H]2CC[C@]3(C)OB(CCC[C@H](N)C(=O)O)O[C@@]13C2. The largest absolute Gasteiger partial charge is 0.480 e. The van der Waals surface area contributed by atoms with Crippen LogP contribution in [-0.2, 0) is 14.1 Å². The van der Waals surface area contributed by atoms with Crippen LogP contribution >= 0.6 is 0 Å². The van der Waals surface area contributed by atoms with Gasteiger partial charge in [-0.05, 0) is 50.3 Å². The Morgan fingerprint density at radius 1 is 1.43 bits per heavy atom. The zero-order valence-corrected chi connectivity index (χ0v) is 13.2. The zero-order valence-electron chi connectivity index (χ0n) is 13.2. The first-order valence-corrected chi connectivity index (χ1v) is 8.06. The number of fused-ring (bicyclic) bond motifs is 1. The maximum absolute atomic E-state index is 10.7. The molecule has 118 valence electrons. The van der Waals surface area contributed by atoms with Crippen LogP contribution in [0, 0.1) is 11.3 Å². The smallest absolute Gasteiger partial charge is 0.457 e. The first-order chi connectivity index (χ1) is 9.72. The van der Waals surface area contributed by atoms with E-state index in [-0.39, 0.29) is 23.7 Å². The highest BCUT2D eigenvalue weighted by atomic mass is 16.7. The van der Waals surface area contributed by atoms with Crippen LogP contribution in [0.4, 0.5) is 0 Å². The summed E-state index contributed by atoms with van der Waals surface area (Å²) in [6, 6.07) is -0.785. The summed E-state index contributed by atoms with van der Waals surface area (Å²) in [7, 11) is -0.214. The molecule has 4 aliphatic rings. The van der Waals surface area contributed by atoms with Gasteiger partial charge >= 0.3 is 13.1 Å². The van der Waals surface area contributed by atoms with Crippen molar-refractivity contribution in [1.82, 2.24) is 0 Å². The Labute approximate surface area is 126 Å². The molecular formula is C15H26BNO4. The van der Waals surface area contributed by atoms with E-state index in [2.05, 4.69) is 20.8 Å². The summed E-state index contributed by atoms with van der Waals surface area (Å²) in [5.74, 6) is -0.196. The molecule has 4 fully saturated rings. The van der Waals surface area contributed by atoms with Gasteiger partial charge in [0, 0.05) is 0 Å². The van der Waals surface area contributed by atoms with Crippen LogP contribution in [0.5, 0.6) is 0 Å². The molecule has 2 bridgehead atoms. The molecule has 1 spiro atoms. The lowest BCUT2D eigenvalue weighted by Crippen LogP contribution is -2.73. The van der Waals surface area contributed by atoms with E-state index in [0.29, 0.717) is 12.8 Å². The predicted molar refractivity (Wildman–Crippen MR) is 79.8 cm³/mol. The third-order valence-electron chi connectivity index (χ3n) is 6.42. The van der Waals surface area contributed by atoms with Gasteiger partial charge in [-0.1, -0.05) is 20.3 Å². The Morgan fingerprint density at radius 2 is 2.14 bits per heavy atom. The molecule has 0 amide bonds. The van der Waals surface area contributed by atoms with Crippen molar-refractivity contribution in [2.45, 2.75) is 76.4 Å². The Bertz CT molecular complexity index is 457. The van der Waals surface area contributed by atoms with Gasteiger partial charge in [-0.3, -0.25) is 4.79 Å². The van der Waals surface area contributed by atoms with Gasteiger partial charge in [-0.25, -0.2) is 0 Å². The minimum atomic E-state index is -0.939. The van der Waals surface area contributed by atoms with E-state index in [1.807, 2.05) is 0 Å². The van der Waals surface area contributed by atoms with Crippen LogP contribution in [0.15, 0.2) is 0 Å². The second-order valence-electron chi connectivity index (χ2n) is 7.76. The van der Waals surface area contributed by atoms with E-state index < -0.39 is 12.0 Å². The average Bonchev–Trinajstić information content (AvgIpc) is 2.73. The van der Waals surface area contributed by atoms with Gasteiger partial charge in [0.1, 0.15) is 6.04 Å². The van der Waals surface area contributed by atoms with Crippen LogP contribution in [-0.4, -0.2) is 35.4 Å². The molecule has 4 atom stereocenters. The fraction of sp³-hybridized carbons (Fsp3) is 0.933. The van der Waals surface area contributed by atoms with Crippen molar-refractivity contribution in [3.8, 4) is 0 Å². The number of carboxylic acid groups (broad SMARTS) is 1. The monoisotopic (exact) mass is 295 g/mol. The minimum absolute atomic E-state index is 0.150. The van der Waals surface area contributed by atoms with Crippen LogP contribution in [0.3, 0.4) is 0 Å². The fourth-order valence-corrected chi connectivity index (χ4v) is 4.84. The molecule has 5 nitrogen and oxygen atoms in total. The summed E-state index contributed by atoms with van der Waals surface area (Å²) < 4.78 is 12.6. The molecule has 3 N–H and O–H groups in total. The van der Waals surface area contributed by atoms with E-state index in [0.717, 1.165) is 25.1 Å². The number of carbonyl (C=O) groups is 1. The van der Waals surface area contributed by atoms with Gasteiger partial charge in [-0.2, -0.15) is 0 Å². The fourth-order valence-electron chi connectivity index (χ4n) is 4.84. The molecule has 3 saturated carbocycles. The van der Waals surface area contributed by atoms with Crippen LogP contribution in [0.25, 0.3) is 0 Å². The lowest BCUT2D eigenvalue weighted by molar-refractivity contribution is -0.257. The van der Waals surface area contributed by atoms with Crippen molar-refractivity contribution in [2.75, 3.05) is 0 Å². The van der Waals surface area contributed by atoms with Crippen molar-refractivity contribution in [3.05, 3.63) is 0 Å². The molecule has 1 saturated heterocycles. The second-order valence-corrected chi connectivity index (χ2v) is 7.76. The van der Waals surface area contributed by atoms with Gasteiger partial charge in [0.25, 0.3) is 0 Å². The van der Waals surface area contributed by atoms with Crippen LogP contribution < -0.4 is 5.73 Å². The summed E-state index contributed by atoms with van der Waals surface area (Å²) >= 11 is 0. The molecule has 0 radical (unpaired) electrons. The molecule has 3 aliphatic carbocycles. The zero-order chi connectivity index (χ0) is 15.5. The summed E-state index contributed by atoms with van der Waals surface area (Å²) in [5, 5.41) is 8.81. The van der Waals surface area contributed by atoms with Gasteiger partial charge in [-0.15, -0.1) is 0 Å². The lowest BCUT2D eigenvalue weighted by atomic mass is 9.41. The van der Waals surface area contributed by atoms with Crippen LogP contribution in [0.1, 0.15) is 52.9 Å². The van der Waals surface area contributed by atoms with Crippen molar-refractivity contribution >= 4 is 13.1 Å². The van der Waals surface area contributed by atoms with Gasteiger partial charge in [0.15, 0.2) is 0 Å². The Kier molecular flexibility index (Phi) is 3.43. The summed E-state index contributed by atoms with van der Waals surface area (Å²) in [6.45, 7) is 6.78. The Hall–Kier alpha value is -0.585. The van der Waals surface area contributed by atoms with E-state index in [9.17, 15) is 4.79 Å². The molecule has 0 unspecified atom stereocenters. The van der Waals surface area contributed by atoms with E-state index in [4.69, 9.17) is 20.1 Å². The van der Waals surface area contributed by atoms with E-state index >= 15 is 0 Å². The molecule has 21 heavy (non-hydrogen) atoms. The maximum Gasteiger partial charge on any atom is 0.457 e. The van der Waals surface area contributed by atoms with E-state index in [1.54, 1.807) is 0 Å². The molecule has 1 aliphatic heterocycles. The maximum atomic E-state index is 10.7. The number of rotatable bonds is 5. The third kappa shape index (κ3) is 1.99.